The third kappa shape index (κ3) is 3.98. The van der Waals surface area contributed by atoms with Gasteiger partial charge in [-0.1, -0.05) is 18.2 Å². The number of hydrogen-bond acceptors (Lipinski definition) is 7. The van der Waals surface area contributed by atoms with E-state index in [-0.39, 0.29) is 17.7 Å². The van der Waals surface area contributed by atoms with E-state index in [9.17, 15) is 19.0 Å². The largest absolute Gasteiger partial charge is 0.389 e. The highest BCUT2D eigenvalue weighted by atomic mass is 19.3. The highest BCUT2D eigenvalue weighted by Gasteiger charge is 2.47. The molecule has 0 unspecified atom stereocenters. The standard InChI is InChI=1S/C23H27F2N5O2/c1-13(15-6-5-7-16(8-15)23(24,25)22(3,4)32)27-21-19-9-17(30-11-18(31)12-30)10-26-20(19)14(2)28-29-21/h5-10,13,18,31-32H,11-12H2,1-4H3,(H,27,29)/t13-/m1/s1. The van der Waals surface area contributed by atoms with E-state index in [1.54, 1.807) is 18.3 Å². The average molecular weight is 443 g/mol. The number of nitrogens with one attached hydrogen (secondary N) is 1. The van der Waals surface area contributed by atoms with Crippen LogP contribution in [0.1, 0.15) is 43.6 Å². The Balaban J connectivity index is 1.65. The number of fused-ring (bicyclic) bond motifs is 1. The van der Waals surface area contributed by atoms with E-state index < -0.39 is 11.5 Å². The maximum Gasteiger partial charge on any atom is 0.300 e. The summed E-state index contributed by atoms with van der Waals surface area (Å²) in [6.45, 7) is 6.95. The number of benzene rings is 1. The Bertz CT molecular complexity index is 1140. The summed E-state index contributed by atoms with van der Waals surface area (Å²) in [7, 11) is 0. The van der Waals surface area contributed by atoms with Gasteiger partial charge >= 0.3 is 5.92 Å². The Morgan fingerprint density at radius 1 is 1.19 bits per heavy atom. The van der Waals surface area contributed by atoms with Gasteiger partial charge in [0.15, 0.2) is 5.82 Å². The van der Waals surface area contributed by atoms with Crippen LogP contribution in [0.5, 0.6) is 0 Å². The Hall–Kier alpha value is -2.91. The molecule has 3 N–H and O–H groups in total. The molecule has 1 aliphatic rings. The number of anilines is 2. The van der Waals surface area contributed by atoms with Crippen LogP contribution in [0.2, 0.25) is 0 Å². The topological polar surface area (TPSA) is 94.4 Å². The Morgan fingerprint density at radius 3 is 2.56 bits per heavy atom. The number of hydrogen-bond donors (Lipinski definition) is 3. The second-order valence-corrected chi connectivity index (χ2v) is 8.91. The first-order valence-corrected chi connectivity index (χ1v) is 10.5. The first-order chi connectivity index (χ1) is 15.0. The Labute approximate surface area is 185 Å². The fourth-order valence-corrected chi connectivity index (χ4v) is 3.74. The third-order valence-electron chi connectivity index (χ3n) is 5.87. The normalized spacial score (nSPS) is 16.2. The fraction of sp³-hybridized carbons (Fsp3) is 0.435. The van der Waals surface area contributed by atoms with Gasteiger partial charge in [0.2, 0.25) is 0 Å². The van der Waals surface area contributed by atoms with Crippen molar-refractivity contribution in [1.29, 1.82) is 0 Å². The van der Waals surface area contributed by atoms with Crippen molar-refractivity contribution in [1.82, 2.24) is 15.2 Å². The van der Waals surface area contributed by atoms with Crippen molar-refractivity contribution in [2.24, 2.45) is 0 Å². The highest BCUT2D eigenvalue weighted by molar-refractivity contribution is 5.92. The summed E-state index contributed by atoms with van der Waals surface area (Å²) in [5.41, 5.74) is 0.431. The molecule has 0 bridgehead atoms. The summed E-state index contributed by atoms with van der Waals surface area (Å²) in [5.74, 6) is -2.91. The van der Waals surface area contributed by atoms with Crippen LogP contribution in [0.15, 0.2) is 36.5 Å². The number of β-amino-alcohol motifs (C(OH)–C–C–N with tert-alkyl or cyclic N) is 1. The fourth-order valence-electron chi connectivity index (χ4n) is 3.74. The number of aliphatic hydroxyl groups excluding tert-OH is 1. The zero-order chi connectivity index (χ0) is 23.3. The predicted molar refractivity (Wildman–Crippen MR) is 119 cm³/mol. The molecule has 1 aliphatic heterocycles. The van der Waals surface area contributed by atoms with Crippen LogP contribution in [0, 0.1) is 6.92 Å². The van der Waals surface area contributed by atoms with E-state index in [1.807, 2.05) is 24.8 Å². The number of pyridine rings is 1. The molecule has 0 amide bonds. The van der Waals surface area contributed by atoms with E-state index in [1.165, 1.54) is 12.1 Å². The molecule has 9 heteroatoms. The van der Waals surface area contributed by atoms with Crippen molar-refractivity contribution in [3.63, 3.8) is 0 Å². The summed E-state index contributed by atoms with van der Waals surface area (Å²) < 4.78 is 29.3. The van der Waals surface area contributed by atoms with Gasteiger partial charge in [-0.15, -0.1) is 5.10 Å². The molecule has 1 fully saturated rings. The summed E-state index contributed by atoms with van der Waals surface area (Å²) >= 11 is 0. The maximum absolute atomic E-state index is 14.6. The van der Waals surface area contributed by atoms with Gasteiger partial charge in [-0.25, -0.2) is 0 Å². The lowest BCUT2D eigenvalue weighted by Gasteiger charge is -2.37. The van der Waals surface area contributed by atoms with Crippen molar-refractivity contribution < 1.29 is 19.0 Å². The van der Waals surface area contributed by atoms with Crippen LogP contribution >= 0.6 is 0 Å². The first-order valence-electron chi connectivity index (χ1n) is 10.5. The van der Waals surface area contributed by atoms with Crippen LogP contribution in [0.3, 0.4) is 0 Å². The van der Waals surface area contributed by atoms with Crippen LogP contribution in [0.25, 0.3) is 10.9 Å². The molecular weight excluding hydrogens is 416 g/mol. The number of halogens is 2. The number of nitrogens with zero attached hydrogens (tertiary/aromatic N) is 4. The molecular formula is C23H27F2N5O2. The van der Waals surface area contributed by atoms with Crippen LogP contribution in [-0.4, -0.2) is 50.2 Å². The van der Waals surface area contributed by atoms with Crippen molar-refractivity contribution in [2.75, 3.05) is 23.3 Å². The summed E-state index contributed by atoms with van der Waals surface area (Å²) in [4.78, 5) is 6.55. The Morgan fingerprint density at radius 2 is 1.91 bits per heavy atom. The molecule has 0 radical (unpaired) electrons. The van der Waals surface area contributed by atoms with Crippen molar-refractivity contribution >= 4 is 22.4 Å². The minimum Gasteiger partial charge on any atom is -0.389 e. The molecule has 1 atom stereocenters. The number of rotatable bonds is 6. The molecule has 7 nitrogen and oxygen atoms in total. The molecule has 0 spiro atoms. The molecule has 3 aromatic rings. The van der Waals surface area contributed by atoms with Crippen LogP contribution < -0.4 is 10.2 Å². The lowest BCUT2D eigenvalue weighted by atomic mass is 9.91. The van der Waals surface area contributed by atoms with Crippen molar-refractivity contribution in [3.05, 3.63) is 53.3 Å². The van der Waals surface area contributed by atoms with E-state index >= 15 is 0 Å². The Kier molecular flexibility index (Phi) is 5.50. The molecule has 0 aliphatic carbocycles. The van der Waals surface area contributed by atoms with Crippen LogP contribution in [0.4, 0.5) is 20.3 Å². The van der Waals surface area contributed by atoms with Gasteiger partial charge in [0.05, 0.1) is 35.2 Å². The zero-order valence-electron chi connectivity index (χ0n) is 18.5. The molecule has 170 valence electrons. The molecule has 1 aromatic carbocycles. The van der Waals surface area contributed by atoms with E-state index in [0.717, 1.165) is 24.9 Å². The molecule has 1 saturated heterocycles. The zero-order valence-corrected chi connectivity index (χ0v) is 18.5. The van der Waals surface area contributed by atoms with Gasteiger partial charge in [0.25, 0.3) is 0 Å². The second kappa shape index (κ2) is 7.90. The SMILES string of the molecule is Cc1nnc(N[C@H](C)c2cccc(C(F)(F)C(C)(C)O)c2)c2cc(N3CC(O)C3)cnc12. The summed E-state index contributed by atoms with van der Waals surface area (Å²) in [6, 6.07) is 7.59. The monoisotopic (exact) mass is 443 g/mol. The molecule has 2 aromatic heterocycles. The van der Waals surface area contributed by atoms with Gasteiger partial charge in [0.1, 0.15) is 5.60 Å². The van der Waals surface area contributed by atoms with Gasteiger partial charge in [-0.3, -0.25) is 4.98 Å². The quantitative estimate of drug-likeness (QED) is 0.536. The van der Waals surface area contributed by atoms with E-state index in [4.69, 9.17) is 0 Å². The van der Waals surface area contributed by atoms with Crippen molar-refractivity contribution in [2.45, 2.75) is 51.4 Å². The third-order valence-corrected chi connectivity index (χ3v) is 5.87. The number of aryl methyl sites for hydroxylation is 1. The summed E-state index contributed by atoms with van der Waals surface area (Å²) in [5, 5.41) is 32.0. The minimum atomic E-state index is -3.40. The van der Waals surface area contributed by atoms with Gasteiger partial charge in [0, 0.05) is 24.0 Å². The molecule has 32 heavy (non-hydrogen) atoms. The minimum absolute atomic E-state index is 0.253. The van der Waals surface area contributed by atoms with Crippen molar-refractivity contribution in [3.8, 4) is 0 Å². The summed E-state index contributed by atoms with van der Waals surface area (Å²) in [6.07, 6.45) is 1.41. The van der Waals surface area contributed by atoms with E-state index in [0.29, 0.717) is 35.7 Å². The number of alkyl halides is 2. The number of aromatic nitrogens is 3. The smallest absolute Gasteiger partial charge is 0.300 e. The van der Waals surface area contributed by atoms with Crippen LogP contribution in [-0.2, 0) is 5.92 Å². The highest BCUT2D eigenvalue weighted by Crippen LogP contribution is 2.39. The second-order valence-electron chi connectivity index (χ2n) is 8.91. The van der Waals surface area contributed by atoms with Gasteiger partial charge < -0.3 is 20.4 Å². The number of aliphatic hydroxyl groups is 2. The first kappa shape index (κ1) is 22.3. The average Bonchev–Trinajstić information content (AvgIpc) is 2.72. The lowest BCUT2D eigenvalue weighted by Crippen LogP contribution is -2.50. The van der Waals surface area contributed by atoms with Gasteiger partial charge in [-0.05, 0) is 45.4 Å². The molecule has 0 saturated carbocycles. The van der Waals surface area contributed by atoms with Gasteiger partial charge in [-0.2, -0.15) is 13.9 Å². The lowest BCUT2D eigenvalue weighted by molar-refractivity contribution is -0.168. The molecule has 3 heterocycles. The predicted octanol–water partition coefficient (Wildman–Crippen LogP) is 3.55. The molecule has 4 rings (SSSR count). The maximum atomic E-state index is 14.6. The van der Waals surface area contributed by atoms with E-state index in [2.05, 4.69) is 20.5 Å².